The minimum atomic E-state index is -0.801. The molecule has 4 aromatic rings. The summed E-state index contributed by atoms with van der Waals surface area (Å²) >= 11 is 0. The van der Waals surface area contributed by atoms with Crippen LogP contribution in [0.3, 0.4) is 0 Å². The van der Waals surface area contributed by atoms with Gasteiger partial charge in [-0.05, 0) is 59.7 Å². The highest BCUT2D eigenvalue weighted by Gasteiger charge is 2.23. The van der Waals surface area contributed by atoms with Crippen molar-refractivity contribution in [2.75, 3.05) is 0 Å². The maximum Gasteiger partial charge on any atom is 0.519 e. The van der Waals surface area contributed by atoms with E-state index in [0.29, 0.717) is 23.0 Å². The molecule has 0 aliphatic heterocycles. The lowest BCUT2D eigenvalue weighted by Crippen LogP contribution is -2.19. The van der Waals surface area contributed by atoms with E-state index in [1.807, 2.05) is 36.4 Å². The Morgan fingerprint density at radius 2 is 0.743 bits per heavy atom. The van der Waals surface area contributed by atoms with Crippen LogP contribution in [0, 0.1) is 0 Å². The van der Waals surface area contributed by atoms with Gasteiger partial charge < -0.3 is 18.9 Å². The van der Waals surface area contributed by atoms with Crippen LogP contribution in [-0.2, 0) is 5.41 Å². The molecule has 176 valence electrons. The van der Waals surface area contributed by atoms with E-state index in [2.05, 4.69) is 13.8 Å². The fourth-order valence-corrected chi connectivity index (χ4v) is 3.45. The number of hydrogen-bond acceptors (Lipinski definition) is 6. The number of ether oxygens (including phenoxy) is 4. The Bertz CT molecular complexity index is 1160. The molecule has 0 atom stereocenters. The average Bonchev–Trinajstić information content (AvgIpc) is 2.86. The zero-order valence-corrected chi connectivity index (χ0v) is 19.3. The predicted molar refractivity (Wildman–Crippen MR) is 131 cm³/mol. The zero-order valence-electron chi connectivity index (χ0n) is 19.3. The lowest BCUT2D eigenvalue weighted by Gasteiger charge is -2.26. The van der Waals surface area contributed by atoms with Crippen molar-refractivity contribution in [1.29, 1.82) is 0 Å². The molecule has 0 saturated heterocycles. The molecule has 0 spiro atoms. The largest absolute Gasteiger partial charge is 0.519 e. The lowest BCUT2D eigenvalue weighted by molar-refractivity contribution is 0.150. The van der Waals surface area contributed by atoms with Crippen molar-refractivity contribution in [1.82, 2.24) is 0 Å². The van der Waals surface area contributed by atoms with Crippen LogP contribution in [0.2, 0.25) is 0 Å². The topological polar surface area (TPSA) is 71.1 Å². The lowest BCUT2D eigenvalue weighted by atomic mass is 9.78. The molecule has 0 aliphatic carbocycles. The minimum absolute atomic E-state index is 0.355. The minimum Gasteiger partial charge on any atom is -0.395 e. The average molecular weight is 469 g/mol. The van der Waals surface area contributed by atoms with Crippen molar-refractivity contribution in [3.05, 3.63) is 120 Å². The number of para-hydroxylation sites is 2. The summed E-state index contributed by atoms with van der Waals surface area (Å²) in [6.07, 6.45) is -1.60. The van der Waals surface area contributed by atoms with E-state index in [9.17, 15) is 9.59 Å². The second-order valence-corrected chi connectivity index (χ2v) is 8.21. The van der Waals surface area contributed by atoms with E-state index in [4.69, 9.17) is 18.9 Å². The smallest absolute Gasteiger partial charge is 0.395 e. The summed E-state index contributed by atoms with van der Waals surface area (Å²) in [5, 5.41) is 0. The highest BCUT2D eigenvalue weighted by molar-refractivity contribution is 5.67. The summed E-state index contributed by atoms with van der Waals surface area (Å²) in [6.45, 7) is 4.15. The molecule has 0 heterocycles. The fourth-order valence-electron chi connectivity index (χ4n) is 3.45. The van der Waals surface area contributed by atoms with Crippen LogP contribution in [0.4, 0.5) is 9.59 Å². The highest BCUT2D eigenvalue weighted by Crippen LogP contribution is 2.33. The van der Waals surface area contributed by atoms with E-state index < -0.39 is 12.3 Å². The van der Waals surface area contributed by atoms with Crippen LogP contribution in [0.1, 0.15) is 25.0 Å². The van der Waals surface area contributed by atoms with Gasteiger partial charge in [0, 0.05) is 5.41 Å². The fraction of sp³-hybridized carbons (Fsp3) is 0.103. The van der Waals surface area contributed by atoms with Crippen molar-refractivity contribution in [2.45, 2.75) is 19.3 Å². The molecule has 0 saturated carbocycles. The maximum atomic E-state index is 12.0. The van der Waals surface area contributed by atoms with Crippen LogP contribution in [-0.4, -0.2) is 12.3 Å². The molecular weight excluding hydrogens is 444 g/mol. The summed E-state index contributed by atoms with van der Waals surface area (Å²) in [5.41, 5.74) is 1.67. The van der Waals surface area contributed by atoms with Gasteiger partial charge in [0.2, 0.25) is 0 Å². The number of carbonyl (C=O) groups is 2. The maximum absolute atomic E-state index is 12.0. The Hall–Kier alpha value is -4.58. The molecule has 4 rings (SSSR count). The van der Waals surface area contributed by atoms with Gasteiger partial charge in [-0.2, -0.15) is 0 Å². The molecule has 0 bridgehead atoms. The van der Waals surface area contributed by atoms with Gasteiger partial charge in [-0.1, -0.05) is 74.5 Å². The summed E-state index contributed by atoms with van der Waals surface area (Å²) in [4.78, 5) is 24.0. The van der Waals surface area contributed by atoms with E-state index in [1.54, 1.807) is 72.8 Å². The quantitative estimate of drug-likeness (QED) is 0.221. The Morgan fingerprint density at radius 1 is 0.457 bits per heavy atom. The normalized spacial score (nSPS) is 10.8. The van der Waals surface area contributed by atoms with Crippen molar-refractivity contribution in [2.24, 2.45) is 0 Å². The molecule has 0 unspecified atom stereocenters. The first kappa shape index (κ1) is 23.6. The van der Waals surface area contributed by atoms with Crippen molar-refractivity contribution >= 4 is 12.3 Å². The van der Waals surface area contributed by atoms with Gasteiger partial charge >= 0.3 is 12.3 Å². The molecule has 0 amide bonds. The van der Waals surface area contributed by atoms with E-state index >= 15 is 0 Å². The van der Waals surface area contributed by atoms with Gasteiger partial charge in [-0.15, -0.1) is 0 Å². The molecule has 0 aliphatic rings. The summed E-state index contributed by atoms with van der Waals surface area (Å²) in [5.74, 6) is 1.59. The third-order valence-electron chi connectivity index (χ3n) is 5.44. The molecule has 0 N–H and O–H groups in total. The summed E-state index contributed by atoms with van der Waals surface area (Å²) in [6, 6.07) is 31.9. The molecule has 6 nitrogen and oxygen atoms in total. The van der Waals surface area contributed by atoms with Crippen molar-refractivity contribution < 1.29 is 28.5 Å². The number of carbonyl (C=O) groups excluding carboxylic acids is 2. The standard InChI is InChI=1S/C29H24O6/c1-29(2,21-13-17-25(18-14-21)34-27(30)32-23-9-5-3-6-10-23)22-15-19-26(20-16-22)35-28(31)33-24-11-7-4-8-12-24/h3-20H,1-2H3. The molecule has 0 aromatic heterocycles. The van der Waals surface area contributed by atoms with Gasteiger partial charge in [0.05, 0.1) is 0 Å². The first-order valence-corrected chi connectivity index (χ1v) is 11.0. The third kappa shape index (κ3) is 6.26. The molecule has 35 heavy (non-hydrogen) atoms. The van der Waals surface area contributed by atoms with Gasteiger partial charge in [0.15, 0.2) is 0 Å². The first-order valence-electron chi connectivity index (χ1n) is 11.0. The van der Waals surface area contributed by atoms with Gasteiger partial charge in [0.1, 0.15) is 23.0 Å². The number of rotatable bonds is 6. The SMILES string of the molecule is CC(C)(c1ccc(OC(=O)Oc2ccccc2)cc1)c1ccc(OC(=O)Oc2ccccc2)cc1. The number of hydrogen-bond donors (Lipinski definition) is 0. The van der Waals surface area contributed by atoms with Gasteiger partial charge in [-0.3, -0.25) is 0 Å². The van der Waals surface area contributed by atoms with Crippen LogP contribution < -0.4 is 18.9 Å². The Morgan fingerprint density at radius 3 is 1.06 bits per heavy atom. The Labute approximate surface area is 203 Å². The Balaban J connectivity index is 1.36. The predicted octanol–water partition coefficient (Wildman–Crippen LogP) is 7.17. The van der Waals surface area contributed by atoms with E-state index in [-0.39, 0.29) is 5.41 Å². The molecule has 6 heteroatoms. The second kappa shape index (κ2) is 10.6. The molecular formula is C29H24O6. The third-order valence-corrected chi connectivity index (χ3v) is 5.44. The first-order chi connectivity index (χ1) is 16.9. The van der Waals surface area contributed by atoms with E-state index in [1.165, 1.54) is 0 Å². The summed E-state index contributed by atoms with van der Waals surface area (Å²) in [7, 11) is 0. The summed E-state index contributed by atoms with van der Waals surface area (Å²) < 4.78 is 20.8. The van der Waals surface area contributed by atoms with Gasteiger partial charge in [-0.25, -0.2) is 9.59 Å². The van der Waals surface area contributed by atoms with Crippen LogP contribution in [0.5, 0.6) is 23.0 Å². The van der Waals surface area contributed by atoms with Crippen molar-refractivity contribution in [3.8, 4) is 23.0 Å². The van der Waals surface area contributed by atoms with Gasteiger partial charge in [0.25, 0.3) is 0 Å². The number of benzene rings is 4. The van der Waals surface area contributed by atoms with Crippen LogP contribution in [0.15, 0.2) is 109 Å². The molecule has 0 radical (unpaired) electrons. The van der Waals surface area contributed by atoms with Crippen molar-refractivity contribution in [3.63, 3.8) is 0 Å². The zero-order chi connectivity index (χ0) is 24.7. The Kier molecular flexibility index (Phi) is 7.12. The van der Waals surface area contributed by atoms with E-state index in [0.717, 1.165) is 11.1 Å². The highest BCUT2D eigenvalue weighted by atomic mass is 16.7. The molecule has 0 fully saturated rings. The van der Waals surface area contributed by atoms with Crippen LogP contribution >= 0.6 is 0 Å². The molecule has 4 aromatic carbocycles. The van der Waals surface area contributed by atoms with Crippen LogP contribution in [0.25, 0.3) is 0 Å². The second-order valence-electron chi connectivity index (χ2n) is 8.21. The monoisotopic (exact) mass is 468 g/mol.